The van der Waals surface area contributed by atoms with Crippen LogP contribution in [-0.4, -0.2) is 65.8 Å². The molecule has 0 fully saturated rings. The molecule has 4 N–H and O–H groups in total. The van der Waals surface area contributed by atoms with Crippen molar-refractivity contribution in [2.75, 3.05) is 0 Å². The maximum atomic E-state index is 11.4. The first-order chi connectivity index (χ1) is 8.91. The van der Waals surface area contributed by atoms with E-state index in [-0.39, 0.29) is 0 Å². The lowest BCUT2D eigenvalue weighted by molar-refractivity contribution is -0.715. The zero-order valence-electron chi connectivity index (χ0n) is 11.6. The molecule has 0 bridgehead atoms. The van der Waals surface area contributed by atoms with Crippen LogP contribution in [0.15, 0.2) is 0 Å². The minimum absolute atomic E-state index is 0.887. The van der Waals surface area contributed by atoms with Gasteiger partial charge in [0, 0.05) is 9.85 Å². The highest BCUT2D eigenvalue weighted by atomic mass is 16.7. The van der Waals surface area contributed by atoms with Gasteiger partial charge >= 0.3 is 11.1 Å². The van der Waals surface area contributed by atoms with Crippen LogP contribution in [0.2, 0.25) is 0 Å². The molecule has 0 saturated carbocycles. The average Bonchev–Trinajstić information content (AvgIpc) is 2.21. The zero-order chi connectivity index (χ0) is 16.5. The van der Waals surface area contributed by atoms with E-state index >= 15 is 0 Å². The molecular weight excluding hydrogens is 276 g/mol. The Morgan fingerprint density at radius 2 is 0.850 bits per heavy atom. The Morgan fingerprint density at radius 1 is 0.700 bits per heavy atom. The number of aliphatic hydroxyl groups excluding tert-OH is 4. The molecule has 118 valence electrons. The molecule has 10 nitrogen and oxygen atoms in total. The number of nitrogens with zero attached hydrogens (tertiary/aromatic N) is 2. The first-order valence-electron chi connectivity index (χ1n) is 5.92. The Morgan fingerprint density at radius 3 is 0.900 bits per heavy atom. The molecule has 0 aliphatic rings. The van der Waals surface area contributed by atoms with E-state index in [2.05, 4.69) is 0 Å². The third-order valence-corrected chi connectivity index (χ3v) is 3.79. The van der Waals surface area contributed by atoms with Gasteiger partial charge < -0.3 is 20.4 Å². The molecule has 0 aromatic carbocycles. The molecule has 0 aromatic heterocycles. The van der Waals surface area contributed by atoms with Crippen molar-refractivity contribution < 1.29 is 30.3 Å². The predicted molar refractivity (Wildman–Crippen MR) is 66.2 cm³/mol. The Hall–Kier alpha value is -1.36. The minimum Gasteiger partial charge on any atom is -0.385 e. The van der Waals surface area contributed by atoms with Gasteiger partial charge in [-0.3, -0.25) is 20.2 Å². The number of aliphatic hydroxyl groups is 4. The molecule has 0 spiro atoms. The fourth-order valence-electron chi connectivity index (χ4n) is 2.94. The number of hydrogen-bond acceptors (Lipinski definition) is 8. The zero-order valence-corrected chi connectivity index (χ0v) is 11.6. The van der Waals surface area contributed by atoms with Gasteiger partial charge in [-0.15, -0.1) is 0 Å². The summed E-state index contributed by atoms with van der Waals surface area (Å²) in [5.74, 6) is 0. The summed E-state index contributed by atoms with van der Waals surface area (Å²) in [6, 6.07) is 0. The molecular formula is C10H20N2O8. The van der Waals surface area contributed by atoms with Crippen LogP contribution in [0, 0.1) is 20.2 Å². The molecule has 0 saturated heterocycles. The van der Waals surface area contributed by atoms with E-state index < -0.39 is 45.3 Å². The van der Waals surface area contributed by atoms with Crippen LogP contribution in [0.25, 0.3) is 0 Å². The summed E-state index contributed by atoms with van der Waals surface area (Å²) in [7, 11) is 0. The second kappa shape index (κ2) is 5.95. The van der Waals surface area contributed by atoms with Crippen LogP contribution in [0.3, 0.4) is 0 Å². The normalized spacial score (nSPS) is 23.8. The minimum atomic E-state index is -2.99. The van der Waals surface area contributed by atoms with Crippen molar-refractivity contribution in [3.63, 3.8) is 0 Å². The lowest BCUT2D eigenvalue weighted by atomic mass is 9.65. The lowest BCUT2D eigenvalue weighted by Gasteiger charge is -2.43. The Bertz CT molecular complexity index is 327. The molecule has 4 atom stereocenters. The number of rotatable bonds is 7. The summed E-state index contributed by atoms with van der Waals surface area (Å²) < 4.78 is 0. The second-order valence-electron chi connectivity index (χ2n) is 4.87. The summed E-state index contributed by atoms with van der Waals surface area (Å²) >= 11 is 0. The van der Waals surface area contributed by atoms with Crippen molar-refractivity contribution in [2.24, 2.45) is 0 Å². The van der Waals surface area contributed by atoms with Crippen molar-refractivity contribution in [1.82, 2.24) is 0 Å². The van der Waals surface area contributed by atoms with Gasteiger partial charge in [-0.2, -0.15) is 0 Å². The van der Waals surface area contributed by atoms with Gasteiger partial charge in [0.25, 0.3) is 0 Å². The highest BCUT2D eigenvalue weighted by molar-refractivity contribution is 5.12. The van der Waals surface area contributed by atoms with Crippen molar-refractivity contribution in [3.8, 4) is 0 Å². The van der Waals surface area contributed by atoms with Crippen molar-refractivity contribution in [1.29, 1.82) is 0 Å². The van der Waals surface area contributed by atoms with E-state index in [0.29, 0.717) is 0 Å². The van der Waals surface area contributed by atoms with Crippen LogP contribution in [0.4, 0.5) is 0 Å². The smallest absolute Gasteiger partial charge is 0.345 e. The third-order valence-electron chi connectivity index (χ3n) is 3.79. The highest BCUT2D eigenvalue weighted by Crippen LogP contribution is 2.40. The van der Waals surface area contributed by atoms with Gasteiger partial charge in [0.05, 0.1) is 0 Å². The quantitative estimate of drug-likeness (QED) is 0.326. The molecule has 0 heterocycles. The van der Waals surface area contributed by atoms with E-state index in [1.54, 1.807) is 0 Å². The predicted octanol–water partition coefficient (Wildman–Crippen LogP) is -1.46. The summed E-state index contributed by atoms with van der Waals surface area (Å²) in [5.41, 5.74) is -5.97. The molecule has 0 aliphatic carbocycles. The monoisotopic (exact) mass is 296 g/mol. The van der Waals surface area contributed by atoms with Gasteiger partial charge in [0.1, 0.15) is 24.4 Å². The van der Waals surface area contributed by atoms with Gasteiger partial charge in [-0.25, -0.2) is 0 Å². The van der Waals surface area contributed by atoms with Crippen LogP contribution in [-0.2, 0) is 0 Å². The summed E-state index contributed by atoms with van der Waals surface area (Å²) in [6.07, 6.45) is -8.03. The van der Waals surface area contributed by atoms with Crippen LogP contribution < -0.4 is 0 Å². The van der Waals surface area contributed by atoms with E-state index in [4.69, 9.17) is 0 Å². The van der Waals surface area contributed by atoms with Crippen LogP contribution in [0.1, 0.15) is 27.7 Å². The molecule has 20 heavy (non-hydrogen) atoms. The average molecular weight is 296 g/mol. The van der Waals surface area contributed by atoms with Crippen LogP contribution >= 0.6 is 0 Å². The maximum absolute atomic E-state index is 11.4. The number of hydrogen-bond donors (Lipinski definition) is 4. The first kappa shape index (κ1) is 18.6. The number of nitro groups is 2. The second-order valence-corrected chi connectivity index (χ2v) is 4.87. The van der Waals surface area contributed by atoms with E-state index in [0.717, 1.165) is 27.7 Å². The van der Waals surface area contributed by atoms with Gasteiger partial charge in [0.2, 0.25) is 0 Å². The topological polar surface area (TPSA) is 167 Å². The van der Waals surface area contributed by atoms with Crippen LogP contribution in [0.5, 0.6) is 0 Å². The molecule has 10 heteroatoms. The summed E-state index contributed by atoms with van der Waals surface area (Å²) in [5, 5.41) is 61.9. The molecule has 0 rings (SSSR count). The van der Waals surface area contributed by atoms with Gasteiger partial charge in [0.15, 0.2) is 0 Å². The van der Waals surface area contributed by atoms with Crippen molar-refractivity contribution in [3.05, 3.63) is 20.2 Å². The largest absolute Gasteiger partial charge is 0.385 e. The van der Waals surface area contributed by atoms with E-state index in [9.17, 15) is 40.7 Å². The maximum Gasteiger partial charge on any atom is 0.345 e. The summed E-state index contributed by atoms with van der Waals surface area (Å²) in [6.45, 7) is 3.55. The summed E-state index contributed by atoms with van der Waals surface area (Å²) in [4.78, 5) is 20.4. The SMILES string of the molecule is CC(O)C(C(C)O)([N+](=O)[O-])C(C(C)O)(C(C)O)[N+](=O)[O-]. The van der Waals surface area contributed by atoms with E-state index in [1.165, 1.54) is 0 Å². The third kappa shape index (κ3) is 2.14. The van der Waals surface area contributed by atoms with Gasteiger partial charge in [-0.1, -0.05) is 0 Å². The molecule has 0 amide bonds. The Labute approximate surface area is 115 Å². The fourth-order valence-corrected chi connectivity index (χ4v) is 2.94. The van der Waals surface area contributed by atoms with Gasteiger partial charge in [-0.05, 0) is 27.7 Å². The molecule has 0 radical (unpaired) electrons. The van der Waals surface area contributed by atoms with Crippen molar-refractivity contribution in [2.45, 2.75) is 63.2 Å². The Balaban J connectivity index is 6.75. The Kier molecular flexibility index (Phi) is 5.55. The standard InChI is InChI=1S/C10H20N2O8/c1-5(13)9(6(2)14,11(17)18)10(7(3)15,8(4)16)12(19)20/h5-8,13-16H,1-4H3. The fraction of sp³-hybridized carbons (Fsp3) is 1.00. The molecule has 4 unspecified atom stereocenters. The molecule has 0 aromatic rings. The highest BCUT2D eigenvalue weighted by Gasteiger charge is 2.80. The van der Waals surface area contributed by atoms with E-state index in [1.807, 2.05) is 0 Å². The van der Waals surface area contributed by atoms with Crippen molar-refractivity contribution >= 4 is 0 Å². The lowest BCUT2D eigenvalue weighted by Crippen LogP contribution is -2.80. The molecule has 0 aliphatic heterocycles. The first-order valence-corrected chi connectivity index (χ1v) is 5.92.